The van der Waals surface area contributed by atoms with Gasteiger partial charge in [0, 0.05) is 24.7 Å². The van der Waals surface area contributed by atoms with Crippen LogP contribution in [-0.2, 0) is 0 Å². The number of phenols is 1. The molecule has 0 unspecified atom stereocenters. The number of carbonyl (C=O) groups is 1. The van der Waals surface area contributed by atoms with Crippen molar-refractivity contribution in [1.82, 2.24) is 9.88 Å². The fraction of sp³-hybridized carbons (Fsp3) is 0.412. The maximum absolute atomic E-state index is 12.7. The third-order valence-corrected chi connectivity index (χ3v) is 4.17. The molecule has 0 bridgehead atoms. The zero-order valence-electron chi connectivity index (χ0n) is 12.5. The molecule has 0 saturated carbocycles. The molecule has 0 radical (unpaired) electrons. The van der Waals surface area contributed by atoms with Crippen LogP contribution in [0.2, 0.25) is 0 Å². The molecular weight excluding hydrogens is 264 g/mol. The zero-order valence-corrected chi connectivity index (χ0v) is 12.5. The smallest absolute Gasteiger partial charge is 0.257 e. The summed E-state index contributed by atoms with van der Waals surface area (Å²) in [5.41, 5.74) is 0.969. The Morgan fingerprint density at radius 2 is 2.14 bits per heavy atom. The molecule has 21 heavy (non-hydrogen) atoms. The van der Waals surface area contributed by atoms with Crippen molar-refractivity contribution in [2.45, 2.75) is 26.7 Å². The number of rotatable bonds is 1. The van der Waals surface area contributed by atoms with E-state index >= 15 is 0 Å². The van der Waals surface area contributed by atoms with E-state index in [0.717, 1.165) is 31.3 Å². The summed E-state index contributed by atoms with van der Waals surface area (Å²) in [7, 11) is 0. The van der Waals surface area contributed by atoms with Crippen LogP contribution in [0.1, 0.15) is 37.0 Å². The van der Waals surface area contributed by atoms with Gasteiger partial charge in [0.2, 0.25) is 0 Å². The van der Waals surface area contributed by atoms with Gasteiger partial charge in [-0.15, -0.1) is 0 Å². The summed E-state index contributed by atoms with van der Waals surface area (Å²) >= 11 is 0. The Bertz CT molecular complexity index is 694. The Labute approximate surface area is 124 Å². The molecule has 1 aromatic heterocycles. The first kappa shape index (κ1) is 13.9. The zero-order chi connectivity index (χ0) is 15.0. The third kappa shape index (κ3) is 2.58. The molecule has 0 aliphatic carbocycles. The second-order valence-corrected chi connectivity index (χ2v) is 6.53. The van der Waals surface area contributed by atoms with Gasteiger partial charge < -0.3 is 10.0 Å². The van der Waals surface area contributed by atoms with E-state index in [1.54, 1.807) is 12.3 Å². The van der Waals surface area contributed by atoms with E-state index < -0.39 is 0 Å². The van der Waals surface area contributed by atoms with E-state index in [1.807, 2.05) is 23.1 Å². The topological polar surface area (TPSA) is 53.4 Å². The molecule has 0 atom stereocenters. The van der Waals surface area contributed by atoms with Crippen molar-refractivity contribution in [3.05, 3.63) is 36.0 Å². The summed E-state index contributed by atoms with van der Waals surface area (Å²) in [4.78, 5) is 18.7. The molecule has 2 aromatic rings. The average molecular weight is 284 g/mol. The first-order valence-electron chi connectivity index (χ1n) is 7.34. The number of hydrogen-bond acceptors (Lipinski definition) is 3. The van der Waals surface area contributed by atoms with Crippen LogP contribution >= 0.6 is 0 Å². The van der Waals surface area contributed by atoms with E-state index in [9.17, 15) is 9.90 Å². The van der Waals surface area contributed by atoms with Gasteiger partial charge in [0.15, 0.2) is 5.75 Å². The molecule has 110 valence electrons. The number of aromatic nitrogens is 1. The number of aromatic hydroxyl groups is 1. The summed E-state index contributed by atoms with van der Waals surface area (Å²) < 4.78 is 0. The number of benzene rings is 1. The van der Waals surface area contributed by atoms with Gasteiger partial charge in [0.25, 0.3) is 5.91 Å². The van der Waals surface area contributed by atoms with Crippen LogP contribution in [0.4, 0.5) is 0 Å². The highest BCUT2D eigenvalue weighted by molar-refractivity contribution is 6.02. The Kier molecular flexibility index (Phi) is 3.32. The molecular formula is C17H20N2O2. The largest absolute Gasteiger partial charge is 0.505 e. The lowest BCUT2D eigenvalue weighted by atomic mass is 9.84. The third-order valence-electron chi connectivity index (χ3n) is 4.17. The van der Waals surface area contributed by atoms with Crippen LogP contribution in [0.5, 0.6) is 5.75 Å². The van der Waals surface area contributed by atoms with Crippen molar-refractivity contribution >= 4 is 16.8 Å². The second-order valence-electron chi connectivity index (χ2n) is 6.53. The van der Waals surface area contributed by atoms with E-state index in [1.165, 1.54) is 0 Å². The van der Waals surface area contributed by atoms with Crippen LogP contribution < -0.4 is 0 Å². The fourth-order valence-electron chi connectivity index (χ4n) is 3.07. The van der Waals surface area contributed by atoms with Crippen molar-refractivity contribution in [2.24, 2.45) is 5.41 Å². The van der Waals surface area contributed by atoms with Crippen molar-refractivity contribution in [3.63, 3.8) is 0 Å². The summed E-state index contributed by atoms with van der Waals surface area (Å²) in [6.07, 6.45) is 3.76. The molecule has 1 amide bonds. The van der Waals surface area contributed by atoms with Gasteiger partial charge >= 0.3 is 0 Å². The van der Waals surface area contributed by atoms with Crippen molar-refractivity contribution in [3.8, 4) is 5.75 Å². The van der Waals surface area contributed by atoms with E-state index in [-0.39, 0.29) is 17.1 Å². The van der Waals surface area contributed by atoms with Crippen LogP contribution in [0.3, 0.4) is 0 Å². The normalized spacial score (nSPS) is 17.9. The van der Waals surface area contributed by atoms with Crippen LogP contribution in [-0.4, -0.2) is 34.0 Å². The highest BCUT2D eigenvalue weighted by Crippen LogP contribution is 2.32. The van der Waals surface area contributed by atoms with Gasteiger partial charge in [-0.1, -0.05) is 26.0 Å². The van der Waals surface area contributed by atoms with E-state index in [2.05, 4.69) is 18.8 Å². The second kappa shape index (κ2) is 5.02. The predicted octanol–water partition coefficient (Wildman–Crippen LogP) is 3.20. The van der Waals surface area contributed by atoms with Gasteiger partial charge in [-0.2, -0.15) is 0 Å². The monoisotopic (exact) mass is 284 g/mol. The molecule has 0 spiro atoms. The number of hydrogen-bond donors (Lipinski definition) is 1. The molecule has 1 aromatic carbocycles. The number of likely N-dealkylation sites (tertiary alicyclic amines) is 1. The number of piperidine rings is 1. The number of fused-ring (bicyclic) bond motifs is 1. The Morgan fingerprint density at radius 1 is 1.33 bits per heavy atom. The summed E-state index contributed by atoms with van der Waals surface area (Å²) in [5.74, 6) is -0.116. The number of carbonyl (C=O) groups excluding carboxylic acids is 1. The summed E-state index contributed by atoms with van der Waals surface area (Å²) in [5, 5.41) is 11.2. The Hall–Kier alpha value is -2.10. The van der Waals surface area contributed by atoms with Gasteiger partial charge in [-0.25, -0.2) is 0 Å². The van der Waals surface area contributed by atoms with Crippen molar-refractivity contribution in [1.29, 1.82) is 0 Å². The quantitative estimate of drug-likeness (QED) is 0.875. The van der Waals surface area contributed by atoms with E-state index in [4.69, 9.17) is 0 Å². The van der Waals surface area contributed by atoms with Crippen LogP contribution in [0.25, 0.3) is 10.9 Å². The molecule has 1 saturated heterocycles. The van der Waals surface area contributed by atoms with Gasteiger partial charge in [0.05, 0.1) is 5.56 Å². The average Bonchev–Trinajstić information content (AvgIpc) is 2.46. The Morgan fingerprint density at radius 3 is 2.90 bits per heavy atom. The maximum atomic E-state index is 12.7. The van der Waals surface area contributed by atoms with Crippen molar-refractivity contribution < 1.29 is 9.90 Å². The highest BCUT2D eigenvalue weighted by Gasteiger charge is 2.30. The van der Waals surface area contributed by atoms with Gasteiger partial charge in [-0.05, 0) is 30.4 Å². The molecule has 4 heteroatoms. The number of amides is 1. The fourth-order valence-corrected chi connectivity index (χ4v) is 3.07. The van der Waals surface area contributed by atoms with Crippen LogP contribution in [0.15, 0.2) is 30.5 Å². The standard InChI is InChI=1S/C17H20N2O2/c1-17(2)8-4-10-19(11-17)16(21)13-7-6-12-5-3-9-18-14(12)15(13)20/h3,5-7,9,20H,4,8,10-11H2,1-2H3. The maximum Gasteiger partial charge on any atom is 0.257 e. The minimum Gasteiger partial charge on any atom is -0.505 e. The molecule has 3 rings (SSSR count). The molecule has 4 nitrogen and oxygen atoms in total. The van der Waals surface area contributed by atoms with Gasteiger partial charge in [-0.3, -0.25) is 9.78 Å². The number of pyridine rings is 1. The van der Waals surface area contributed by atoms with Crippen molar-refractivity contribution in [2.75, 3.05) is 13.1 Å². The molecule has 1 fully saturated rings. The molecule has 1 aliphatic heterocycles. The highest BCUT2D eigenvalue weighted by atomic mass is 16.3. The first-order valence-corrected chi connectivity index (χ1v) is 7.34. The molecule has 1 aliphatic rings. The summed E-state index contributed by atoms with van der Waals surface area (Å²) in [6, 6.07) is 7.23. The predicted molar refractivity (Wildman–Crippen MR) is 82.3 cm³/mol. The lowest BCUT2D eigenvalue weighted by molar-refractivity contribution is 0.0581. The Balaban J connectivity index is 1.96. The lowest BCUT2D eigenvalue weighted by Gasteiger charge is -2.38. The summed E-state index contributed by atoms with van der Waals surface area (Å²) in [6.45, 7) is 5.83. The molecule has 2 heterocycles. The minimum absolute atomic E-state index is 0.0125. The minimum atomic E-state index is -0.104. The first-order chi connectivity index (χ1) is 9.98. The van der Waals surface area contributed by atoms with Crippen LogP contribution in [0, 0.1) is 5.41 Å². The number of nitrogens with zero attached hydrogens (tertiary/aromatic N) is 2. The SMILES string of the molecule is CC1(C)CCCN(C(=O)c2ccc3cccnc3c2O)C1. The lowest BCUT2D eigenvalue weighted by Crippen LogP contribution is -2.43. The molecule has 1 N–H and O–H groups in total. The van der Waals surface area contributed by atoms with E-state index in [0.29, 0.717) is 11.1 Å². The number of phenolic OH excluding ortho intramolecular Hbond substituents is 1. The van der Waals surface area contributed by atoms with Gasteiger partial charge in [0.1, 0.15) is 5.52 Å².